The summed E-state index contributed by atoms with van der Waals surface area (Å²) in [6.07, 6.45) is 5.63. The summed E-state index contributed by atoms with van der Waals surface area (Å²) in [5.41, 5.74) is 2.37. The quantitative estimate of drug-likeness (QED) is 0.514. The van der Waals surface area contributed by atoms with Crippen LogP contribution in [0.3, 0.4) is 0 Å². The molecule has 0 unspecified atom stereocenters. The van der Waals surface area contributed by atoms with E-state index in [1.807, 2.05) is 12.3 Å². The summed E-state index contributed by atoms with van der Waals surface area (Å²) in [4.78, 5) is 33.5. The van der Waals surface area contributed by atoms with E-state index in [2.05, 4.69) is 27.2 Å². The number of anilines is 1. The summed E-state index contributed by atoms with van der Waals surface area (Å²) in [5.74, 6) is -4.58. The molecule has 1 atom stereocenters. The lowest BCUT2D eigenvalue weighted by Gasteiger charge is -2.37. The number of rotatable bonds is 8. The molecule has 1 aliphatic heterocycles. The van der Waals surface area contributed by atoms with Crippen LogP contribution < -0.4 is 10.5 Å². The van der Waals surface area contributed by atoms with Gasteiger partial charge in [-0.05, 0) is 17.9 Å². The third-order valence-electron chi connectivity index (χ3n) is 6.00. The van der Waals surface area contributed by atoms with Crippen molar-refractivity contribution >= 4 is 11.8 Å². The third kappa shape index (κ3) is 5.69. The van der Waals surface area contributed by atoms with Crippen LogP contribution in [0, 0.1) is 5.92 Å². The van der Waals surface area contributed by atoms with Crippen molar-refractivity contribution in [2.75, 3.05) is 18.0 Å². The lowest BCUT2D eigenvalue weighted by atomic mass is 9.92. The minimum atomic E-state index is -3.02. The Kier molecular flexibility index (Phi) is 6.90. The first kappa shape index (κ1) is 24.4. The molecular formula is C23H27F2N7O3. The fraction of sp³-hybridized carbons (Fsp3) is 0.478. The van der Waals surface area contributed by atoms with Crippen LogP contribution in [-0.2, 0) is 24.8 Å². The topological polar surface area (TPSA) is 119 Å². The highest BCUT2D eigenvalue weighted by Gasteiger charge is 2.41. The first-order valence-corrected chi connectivity index (χ1v) is 11.4. The van der Waals surface area contributed by atoms with Gasteiger partial charge in [-0.2, -0.15) is 0 Å². The van der Waals surface area contributed by atoms with Crippen LogP contribution >= 0.6 is 0 Å². The Bertz CT molecular complexity index is 1260. The van der Waals surface area contributed by atoms with E-state index in [4.69, 9.17) is 5.11 Å². The zero-order valence-corrected chi connectivity index (χ0v) is 19.6. The smallest absolute Gasteiger partial charge is 0.303 e. The van der Waals surface area contributed by atoms with E-state index in [9.17, 15) is 18.4 Å². The van der Waals surface area contributed by atoms with E-state index in [-0.39, 0.29) is 30.9 Å². The molecule has 3 aromatic heterocycles. The Balaban J connectivity index is 1.58. The predicted octanol–water partition coefficient (Wildman–Crippen LogP) is 2.37. The van der Waals surface area contributed by atoms with Gasteiger partial charge in [0.2, 0.25) is 0 Å². The second-order valence-electron chi connectivity index (χ2n) is 8.93. The van der Waals surface area contributed by atoms with Gasteiger partial charge < -0.3 is 14.6 Å². The zero-order valence-electron chi connectivity index (χ0n) is 19.6. The maximum absolute atomic E-state index is 14.2. The lowest BCUT2D eigenvalue weighted by molar-refractivity contribution is -0.139. The Morgan fingerprint density at radius 3 is 2.74 bits per heavy atom. The second kappa shape index (κ2) is 9.88. The maximum Gasteiger partial charge on any atom is 0.303 e. The fourth-order valence-corrected chi connectivity index (χ4v) is 4.43. The number of carboxylic acids is 1. The molecule has 4 heterocycles. The molecule has 4 rings (SSSR count). The number of aromatic nitrogens is 6. The second-order valence-corrected chi connectivity index (χ2v) is 8.93. The predicted molar refractivity (Wildman–Crippen MR) is 123 cm³/mol. The number of halogens is 2. The average Bonchev–Trinajstić information content (AvgIpc) is 3.15. The summed E-state index contributed by atoms with van der Waals surface area (Å²) < 4.78 is 31.6. The van der Waals surface area contributed by atoms with Crippen LogP contribution in [0.2, 0.25) is 0 Å². The molecule has 3 aromatic rings. The van der Waals surface area contributed by atoms with E-state index < -0.39 is 30.8 Å². The number of alkyl halides is 2. The molecule has 1 N–H and O–H groups in total. The van der Waals surface area contributed by atoms with Gasteiger partial charge in [0.1, 0.15) is 17.2 Å². The molecule has 1 saturated heterocycles. The molecule has 1 fully saturated rings. The molecule has 0 saturated carbocycles. The van der Waals surface area contributed by atoms with Gasteiger partial charge in [0.05, 0.1) is 37.6 Å². The van der Waals surface area contributed by atoms with E-state index in [0.29, 0.717) is 17.1 Å². The van der Waals surface area contributed by atoms with Gasteiger partial charge in [-0.25, -0.2) is 23.4 Å². The van der Waals surface area contributed by atoms with E-state index in [1.54, 1.807) is 16.3 Å². The number of aryl methyl sites for hydroxylation is 2. The molecule has 1 aliphatic rings. The Morgan fingerprint density at radius 1 is 1.26 bits per heavy atom. The van der Waals surface area contributed by atoms with Crippen molar-refractivity contribution < 1.29 is 18.7 Å². The fourth-order valence-electron chi connectivity index (χ4n) is 4.43. The number of carboxylic acid groups (broad SMARTS) is 1. The molecule has 0 bridgehead atoms. The van der Waals surface area contributed by atoms with E-state index >= 15 is 0 Å². The number of piperidine rings is 1. The first-order valence-electron chi connectivity index (χ1n) is 11.4. The Morgan fingerprint density at radius 2 is 2.06 bits per heavy atom. The standard InChI is InChI=1S/C23H27F2N7O3/c1-3-4-15-5-6-20(33)31(11-15)13-18-22(28-29-30(18)2)17-9-27-19(10-26-17)32-12-16(7-21(34)35)8-23(24,25)14-32/h5-6,9-11,16H,3-4,7-8,12-14H2,1-2H3,(H,34,35)/t16-/m0/s1. The molecule has 0 aromatic carbocycles. The van der Waals surface area contributed by atoms with Crippen molar-refractivity contribution in [1.82, 2.24) is 29.5 Å². The van der Waals surface area contributed by atoms with Gasteiger partial charge in [0.15, 0.2) is 0 Å². The Labute approximate surface area is 200 Å². The van der Waals surface area contributed by atoms with Crippen molar-refractivity contribution in [2.45, 2.75) is 45.1 Å². The largest absolute Gasteiger partial charge is 0.481 e. The monoisotopic (exact) mass is 487 g/mol. The number of aliphatic carboxylic acids is 1. The molecule has 186 valence electrons. The molecular weight excluding hydrogens is 460 g/mol. The van der Waals surface area contributed by atoms with Crippen LogP contribution in [0.1, 0.15) is 37.4 Å². The molecule has 0 spiro atoms. The summed E-state index contributed by atoms with van der Waals surface area (Å²) in [5, 5.41) is 17.3. The summed E-state index contributed by atoms with van der Waals surface area (Å²) in [6.45, 7) is 1.90. The number of hydrogen-bond acceptors (Lipinski definition) is 7. The minimum Gasteiger partial charge on any atom is -0.481 e. The normalized spacial score (nSPS) is 17.5. The van der Waals surface area contributed by atoms with Crippen molar-refractivity contribution in [3.63, 3.8) is 0 Å². The Hall–Kier alpha value is -3.70. The van der Waals surface area contributed by atoms with Crippen LogP contribution in [-0.4, -0.2) is 59.6 Å². The van der Waals surface area contributed by atoms with Crippen LogP contribution in [0.4, 0.5) is 14.6 Å². The van der Waals surface area contributed by atoms with Gasteiger partial charge in [0.25, 0.3) is 11.5 Å². The van der Waals surface area contributed by atoms with E-state index in [0.717, 1.165) is 18.4 Å². The summed E-state index contributed by atoms with van der Waals surface area (Å²) in [6, 6.07) is 3.36. The molecule has 0 amide bonds. The van der Waals surface area contributed by atoms with Crippen molar-refractivity contribution in [3.8, 4) is 11.4 Å². The van der Waals surface area contributed by atoms with Crippen LogP contribution in [0.5, 0.6) is 0 Å². The van der Waals surface area contributed by atoms with Gasteiger partial charge in [-0.1, -0.05) is 24.6 Å². The first-order chi connectivity index (χ1) is 16.6. The molecule has 35 heavy (non-hydrogen) atoms. The van der Waals surface area contributed by atoms with Crippen molar-refractivity contribution in [3.05, 3.63) is 52.3 Å². The van der Waals surface area contributed by atoms with Crippen LogP contribution in [0.25, 0.3) is 11.4 Å². The van der Waals surface area contributed by atoms with Gasteiger partial charge >= 0.3 is 5.97 Å². The van der Waals surface area contributed by atoms with Gasteiger partial charge in [0, 0.05) is 32.3 Å². The maximum atomic E-state index is 14.2. The average molecular weight is 488 g/mol. The number of pyridine rings is 1. The number of nitrogens with zero attached hydrogens (tertiary/aromatic N) is 7. The molecule has 0 aliphatic carbocycles. The SMILES string of the molecule is CCCc1ccc(=O)n(Cc2c(-c3cnc(N4C[C@@H](CC(=O)O)CC(F)(F)C4)cn3)nnn2C)c1. The number of carbonyl (C=O) groups is 1. The zero-order chi connectivity index (χ0) is 25.2. The van der Waals surface area contributed by atoms with Gasteiger partial charge in [-0.3, -0.25) is 9.59 Å². The van der Waals surface area contributed by atoms with Crippen molar-refractivity contribution in [1.29, 1.82) is 0 Å². The summed E-state index contributed by atoms with van der Waals surface area (Å²) >= 11 is 0. The highest BCUT2D eigenvalue weighted by atomic mass is 19.3. The molecule has 10 nitrogen and oxygen atoms in total. The van der Waals surface area contributed by atoms with Gasteiger partial charge in [-0.15, -0.1) is 5.10 Å². The molecule has 12 heteroatoms. The van der Waals surface area contributed by atoms with Crippen LogP contribution in [0.15, 0.2) is 35.5 Å². The molecule has 0 radical (unpaired) electrons. The highest BCUT2D eigenvalue weighted by Crippen LogP contribution is 2.34. The van der Waals surface area contributed by atoms with Crippen molar-refractivity contribution in [2.24, 2.45) is 13.0 Å². The summed E-state index contributed by atoms with van der Waals surface area (Å²) in [7, 11) is 1.72. The number of hydrogen-bond donors (Lipinski definition) is 1. The van der Waals surface area contributed by atoms with E-state index in [1.165, 1.54) is 23.4 Å². The lowest BCUT2D eigenvalue weighted by Crippen LogP contribution is -2.48. The minimum absolute atomic E-state index is 0.152. The highest BCUT2D eigenvalue weighted by molar-refractivity contribution is 5.67. The third-order valence-corrected chi connectivity index (χ3v) is 6.00.